The third kappa shape index (κ3) is 5.89. The van der Waals surface area contributed by atoms with Crippen molar-refractivity contribution in [3.63, 3.8) is 0 Å². The quantitative estimate of drug-likeness (QED) is 0.632. The Balaban J connectivity index is 1.44. The van der Waals surface area contributed by atoms with E-state index in [1.54, 1.807) is 0 Å². The summed E-state index contributed by atoms with van der Waals surface area (Å²) in [6, 6.07) is 0. The first kappa shape index (κ1) is 14.8. The van der Waals surface area contributed by atoms with Crippen molar-refractivity contribution in [1.82, 2.24) is 20.4 Å². The highest BCUT2D eigenvalue weighted by molar-refractivity contribution is 5.75. The molecule has 0 atom stereocenters. The van der Waals surface area contributed by atoms with Crippen LogP contribution in [0.3, 0.4) is 0 Å². The van der Waals surface area contributed by atoms with Gasteiger partial charge in [-0.3, -0.25) is 4.79 Å². The lowest BCUT2D eigenvalue weighted by Crippen LogP contribution is -2.44. The van der Waals surface area contributed by atoms with E-state index < -0.39 is 0 Å². The standard InChI is InChI=1S/C14H28N4O/c19-14(4-11-17-8-1-2-9-17)16-5-3-10-18-12-6-15-7-13-18/h15H,1-13H2,(H,16,19). The summed E-state index contributed by atoms with van der Waals surface area (Å²) in [6.07, 6.45) is 4.32. The van der Waals surface area contributed by atoms with Crippen LogP contribution in [0.4, 0.5) is 0 Å². The summed E-state index contributed by atoms with van der Waals surface area (Å²) in [5, 5.41) is 6.39. The van der Waals surface area contributed by atoms with Gasteiger partial charge in [0.1, 0.15) is 0 Å². The average Bonchev–Trinajstić information content (AvgIpc) is 2.96. The first-order chi connectivity index (χ1) is 9.34. The SMILES string of the molecule is O=C(CCN1CCCC1)NCCCN1CCNCC1. The van der Waals surface area contributed by atoms with Gasteiger partial charge in [-0.1, -0.05) is 0 Å². The maximum atomic E-state index is 11.7. The number of carbonyl (C=O) groups is 1. The first-order valence-electron chi connectivity index (χ1n) is 7.77. The molecule has 5 nitrogen and oxygen atoms in total. The van der Waals surface area contributed by atoms with Crippen LogP contribution in [0.1, 0.15) is 25.7 Å². The molecule has 0 aromatic rings. The minimum atomic E-state index is 0.215. The van der Waals surface area contributed by atoms with Crippen molar-refractivity contribution in [3.8, 4) is 0 Å². The summed E-state index contributed by atoms with van der Waals surface area (Å²) in [4.78, 5) is 16.5. The molecule has 0 saturated carbocycles. The minimum Gasteiger partial charge on any atom is -0.356 e. The monoisotopic (exact) mass is 268 g/mol. The van der Waals surface area contributed by atoms with Gasteiger partial charge in [-0.15, -0.1) is 0 Å². The van der Waals surface area contributed by atoms with E-state index in [0.29, 0.717) is 6.42 Å². The van der Waals surface area contributed by atoms with E-state index in [2.05, 4.69) is 20.4 Å². The van der Waals surface area contributed by atoms with Crippen LogP contribution in [0, 0.1) is 0 Å². The van der Waals surface area contributed by atoms with Gasteiger partial charge in [-0.2, -0.15) is 0 Å². The number of hydrogen-bond donors (Lipinski definition) is 2. The van der Waals surface area contributed by atoms with Crippen molar-refractivity contribution in [2.75, 3.05) is 58.9 Å². The molecule has 2 rings (SSSR count). The molecule has 0 aliphatic carbocycles. The number of piperazine rings is 1. The molecule has 0 spiro atoms. The molecule has 2 saturated heterocycles. The van der Waals surface area contributed by atoms with Gasteiger partial charge in [0.05, 0.1) is 0 Å². The smallest absolute Gasteiger partial charge is 0.221 e. The molecule has 2 aliphatic heterocycles. The maximum Gasteiger partial charge on any atom is 0.221 e. The fourth-order valence-corrected chi connectivity index (χ4v) is 2.82. The lowest BCUT2D eigenvalue weighted by atomic mass is 10.3. The van der Waals surface area contributed by atoms with Crippen molar-refractivity contribution < 1.29 is 4.79 Å². The van der Waals surface area contributed by atoms with Gasteiger partial charge >= 0.3 is 0 Å². The molecular weight excluding hydrogens is 240 g/mol. The summed E-state index contributed by atoms with van der Waals surface area (Å²) in [5.74, 6) is 0.215. The van der Waals surface area contributed by atoms with Gasteiger partial charge in [0.25, 0.3) is 0 Å². The zero-order chi connectivity index (χ0) is 13.3. The van der Waals surface area contributed by atoms with Gasteiger partial charge in [0, 0.05) is 45.7 Å². The van der Waals surface area contributed by atoms with E-state index in [4.69, 9.17) is 0 Å². The highest BCUT2D eigenvalue weighted by Crippen LogP contribution is 2.07. The molecule has 5 heteroatoms. The van der Waals surface area contributed by atoms with Crippen molar-refractivity contribution in [1.29, 1.82) is 0 Å². The van der Waals surface area contributed by atoms with Gasteiger partial charge in [0.15, 0.2) is 0 Å². The Kier molecular flexibility index (Phi) is 6.61. The van der Waals surface area contributed by atoms with Crippen LogP contribution < -0.4 is 10.6 Å². The summed E-state index contributed by atoms with van der Waals surface area (Å²) in [5.41, 5.74) is 0. The molecule has 2 aliphatic rings. The van der Waals surface area contributed by atoms with E-state index in [1.807, 2.05) is 0 Å². The summed E-state index contributed by atoms with van der Waals surface area (Å²) >= 11 is 0. The zero-order valence-electron chi connectivity index (χ0n) is 12.0. The van der Waals surface area contributed by atoms with Crippen LogP contribution in [0.15, 0.2) is 0 Å². The fourth-order valence-electron chi connectivity index (χ4n) is 2.82. The predicted molar refractivity (Wildman–Crippen MR) is 77.2 cm³/mol. The molecule has 0 unspecified atom stereocenters. The van der Waals surface area contributed by atoms with Gasteiger partial charge in [-0.05, 0) is 38.9 Å². The number of carbonyl (C=O) groups excluding carboxylic acids is 1. The number of amides is 1. The third-order valence-electron chi connectivity index (χ3n) is 4.04. The highest BCUT2D eigenvalue weighted by atomic mass is 16.1. The Labute approximate surface area is 116 Å². The Bertz CT molecular complexity index is 260. The highest BCUT2D eigenvalue weighted by Gasteiger charge is 2.13. The van der Waals surface area contributed by atoms with Crippen LogP contribution in [0.25, 0.3) is 0 Å². The van der Waals surface area contributed by atoms with E-state index in [1.165, 1.54) is 25.9 Å². The van der Waals surface area contributed by atoms with E-state index in [0.717, 1.165) is 52.2 Å². The second-order valence-electron chi connectivity index (χ2n) is 5.59. The topological polar surface area (TPSA) is 47.6 Å². The summed E-state index contributed by atoms with van der Waals surface area (Å²) < 4.78 is 0. The molecule has 1 amide bonds. The number of nitrogens with one attached hydrogen (secondary N) is 2. The number of rotatable bonds is 7. The maximum absolute atomic E-state index is 11.7. The molecule has 19 heavy (non-hydrogen) atoms. The van der Waals surface area contributed by atoms with Crippen LogP contribution >= 0.6 is 0 Å². The van der Waals surface area contributed by atoms with Crippen molar-refractivity contribution in [3.05, 3.63) is 0 Å². The predicted octanol–water partition coefficient (Wildman–Crippen LogP) is -0.116. The van der Waals surface area contributed by atoms with E-state index in [-0.39, 0.29) is 5.91 Å². The van der Waals surface area contributed by atoms with E-state index >= 15 is 0 Å². The summed E-state index contributed by atoms with van der Waals surface area (Å²) in [6.45, 7) is 9.70. The molecule has 0 bridgehead atoms. The lowest BCUT2D eigenvalue weighted by molar-refractivity contribution is -0.121. The Hall–Kier alpha value is -0.650. The van der Waals surface area contributed by atoms with Crippen molar-refractivity contribution >= 4 is 5.91 Å². The second-order valence-corrected chi connectivity index (χ2v) is 5.59. The normalized spacial score (nSPS) is 21.7. The van der Waals surface area contributed by atoms with Crippen molar-refractivity contribution in [2.24, 2.45) is 0 Å². The first-order valence-corrected chi connectivity index (χ1v) is 7.77. The van der Waals surface area contributed by atoms with Gasteiger partial charge < -0.3 is 20.4 Å². The van der Waals surface area contributed by atoms with Crippen LogP contribution in [0.5, 0.6) is 0 Å². The molecule has 0 radical (unpaired) electrons. The minimum absolute atomic E-state index is 0.215. The second kappa shape index (κ2) is 8.51. The Morgan fingerprint density at radius 2 is 1.68 bits per heavy atom. The van der Waals surface area contributed by atoms with Gasteiger partial charge in [0.2, 0.25) is 5.91 Å². The molecule has 0 aromatic carbocycles. The fraction of sp³-hybridized carbons (Fsp3) is 0.929. The zero-order valence-corrected chi connectivity index (χ0v) is 12.0. The molecule has 2 heterocycles. The Morgan fingerprint density at radius 3 is 2.42 bits per heavy atom. The van der Waals surface area contributed by atoms with Crippen LogP contribution in [-0.2, 0) is 4.79 Å². The van der Waals surface area contributed by atoms with E-state index in [9.17, 15) is 4.79 Å². The molecular formula is C14H28N4O. The molecule has 0 aromatic heterocycles. The average molecular weight is 268 g/mol. The van der Waals surface area contributed by atoms with Crippen LogP contribution in [0.2, 0.25) is 0 Å². The molecule has 2 N–H and O–H groups in total. The number of hydrogen-bond acceptors (Lipinski definition) is 4. The van der Waals surface area contributed by atoms with Crippen LogP contribution in [-0.4, -0.2) is 74.6 Å². The largest absolute Gasteiger partial charge is 0.356 e. The number of likely N-dealkylation sites (tertiary alicyclic amines) is 1. The molecule has 110 valence electrons. The lowest BCUT2D eigenvalue weighted by Gasteiger charge is -2.27. The summed E-state index contributed by atoms with van der Waals surface area (Å²) in [7, 11) is 0. The Morgan fingerprint density at radius 1 is 1.00 bits per heavy atom. The number of nitrogens with zero attached hydrogens (tertiary/aromatic N) is 2. The van der Waals surface area contributed by atoms with Gasteiger partial charge in [-0.25, -0.2) is 0 Å². The third-order valence-corrected chi connectivity index (χ3v) is 4.04. The van der Waals surface area contributed by atoms with Crippen molar-refractivity contribution in [2.45, 2.75) is 25.7 Å². The molecule has 2 fully saturated rings.